The fraction of sp³-hybridized carbons (Fsp3) is 0.333. The largest absolute Gasteiger partial charge is 0.464 e. The maximum Gasteiger partial charge on any atom is 0.133 e. The standard InChI is InChI=1S/C12H13NO/c13-12(5-1-6-12)10-2-3-11-9(8-10)4-7-14-11/h2-4,7-8H,1,5-6,13H2. The second-order valence-corrected chi connectivity index (χ2v) is 4.18. The summed E-state index contributed by atoms with van der Waals surface area (Å²) in [6.45, 7) is 0. The van der Waals surface area contributed by atoms with Gasteiger partial charge < -0.3 is 10.2 Å². The van der Waals surface area contributed by atoms with Gasteiger partial charge in [0.1, 0.15) is 5.58 Å². The molecule has 0 amide bonds. The van der Waals surface area contributed by atoms with Crippen LogP contribution in [0.4, 0.5) is 0 Å². The van der Waals surface area contributed by atoms with Crippen LogP contribution in [-0.4, -0.2) is 0 Å². The van der Waals surface area contributed by atoms with Gasteiger partial charge in [-0.25, -0.2) is 0 Å². The maximum absolute atomic E-state index is 6.25. The molecule has 14 heavy (non-hydrogen) atoms. The zero-order chi connectivity index (χ0) is 9.60. The topological polar surface area (TPSA) is 39.2 Å². The van der Waals surface area contributed by atoms with Gasteiger partial charge in [-0.1, -0.05) is 6.07 Å². The van der Waals surface area contributed by atoms with Crippen molar-refractivity contribution in [3.63, 3.8) is 0 Å². The summed E-state index contributed by atoms with van der Waals surface area (Å²) in [7, 11) is 0. The zero-order valence-corrected chi connectivity index (χ0v) is 7.99. The average Bonchev–Trinajstić information content (AvgIpc) is 2.60. The summed E-state index contributed by atoms with van der Waals surface area (Å²) < 4.78 is 5.30. The summed E-state index contributed by atoms with van der Waals surface area (Å²) in [5.74, 6) is 0. The average molecular weight is 187 g/mol. The molecule has 3 rings (SSSR count). The molecule has 1 aliphatic rings. The SMILES string of the molecule is NC1(c2ccc3occc3c2)CCC1. The summed E-state index contributed by atoms with van der Waals surface area (Å²) in [5.41, 5.74) is 8.38. The predicted octanol–water partition coefficient (Wildman–Crippen LogP) is 2.77. The fourth-order valence-corrected chi connectivity index (χ4v) is 2.12. The van der Waals surface area contributed by atoms with Crippen LogP contribution < -0.4 is 5.73 Å². The monoisotopic (exact) mass is 187 g/mol. The van der Waals surface area contributed by atoms with Crippen LogP contribution in [0.2, 0.25) is 0 Å². The van der Waals surface area contributed by atoms with E-state index in [-0.39, 0.29) is 5.54 Å². The Bertz CT molecular complexity index is 468. The molecule has 0 bridgehead atoms. The van der Waals surface area contributed by atoms with Crippen molar-refractivity contribution in [3.05, 3.63) is 36.1 Å². The highest BCUT2D eigenvalue weighted by Crippen LogP contribution is 2.39. The van der Waals surface area contributed by atoms with Gasteiger partial charge in [-0.3, -0.25) is 0 Å². The highest BCUT2D eigenvalue weighted by Gasteiger charge is 2.34. The van der Waals surface area contributed by atoms with E-state index in [0.717, 1.165) is 23.8 Å². The molecule has 0 spiro atoms. The van der Waals surface area contributed by atoms with Gasteiger partial charge in [0.2, 0.25) is 0 Å². The van der Waals surface area contributed by atoms with Crippen LogP contribution in [0.15, 0.2) is 34.9 Å². The fourth-order valence-electron chi connectivity index (χ4n) is 2.12. The zero-order valence-electron chi connectivity index (χ0n) is 7.99. The molecule has 1 saturated carbocycles. The first-order valence-electron chi connectivity index (χ1n) is 5.05. The van der Waals surface area contributed by atoms with Crippen molar-refractivity contribution in [2.75, 3.05) is 0 Å². The lowest BCUT2D eigenvalue weighted by Crippen LogP contribution is -2.43. The number of benzene rings is 1. The minimum Gasteiger partial charge on any atom is -0.464 e. The Morgan fingerprint density at radius 2 is 2.07 bits per heavy atom. The number of hydrogen-bond donors (Lipinski definition) is 1. The molecule has 1 heterocycles. The highest BCUT2D eigenvalue weighted by atomic mass is 16.3. The molecule has 2 aromatic rings. The molecule has 0 saturated heterocycles. The van der Waals surface area contributed by atoms with Gasteiger partial charge in [0.25, 0.3) is 0 Å². The molecule has 1 aromatic heterocycles. The van der Waals surface area contributed by atoms with E-state index in [1.807, 2.05) is 12.1 Å². The molecule has 0 unspecified atom stereocenters. The maximum atomic E-state index is 6.25. The molecule has 0 aliphatic heterocycles. The smallest absolute Gasteiger partial charge is 0.133 e. The lowest BCUT2D eigenvalue weighted by molar-refractivity contribution is 0.254. The van der Waals surface area contributed by atoms with Crippen LogP contribution in [0.5, 0.6) is 0 Å². The third-order valence-electron chi connectivity index (χ3n) is 3.27. The number of hydrogen-bond acceptors (Lipinski definition) is 2. The third-order valence-corrected chi connectivity index (χ3v) is 3.27. The van der Waals surface area contributed by atoms with Gasteiger partial charge in [-0.15, -0.1) is 0 Å². The van der Waals surface area contributed by atoms with Crippen LogP contribution in [0.1, 0.15) is 24.8 Å². The van der Waals surface area contributed by atoms with Crippen molar-refractivity contribution < 1.29 is 4.42 Å². The Balaban J connectivity index is 2.13. The summed E-state index contributed by atoms with van der Waals surface area (Å²) in [4.78, 5) is 0. The molecule has 2 N–H and O–H groups in total. The summed E-state index contributed by atoms with van der Waals surface area (Å²) >= 11 is 0. The minimum absolute atomic E-state index is 0.0640. The molecule has 0 radical (unpaired) electrons. The van der Waals surface area contributed by atoms with Crippen molar-refractivity contribution >= 4 is 11.0 Å². The number of rotatable bonds is 1. The van der Waals surface area contributed by atoms with Crippen LogP contribution >= 0.6 is 0 Å². The number of fused-ring (bicyclic) bond motifs is 1. The van der Waals surface area contributed by atoms with Gasteiger partial charge in [-0.2, -0.15) is 0 Å². The van der Waals surface area contributed by atoms with E-state index in [4.69, 9.17) is 10.2 Å². The van der Waals surface area contributed by atoms with E-state index in [0.29, 0.717) is 0 Å². The first-order valence-corrected chi connectivity index (χ1v) is 5.05. The predicted molar refractivity (Wildman–Crippen MR) is 55.9 cm³/mol. The van der Waals surface area contributed by atoms with Gasteiger partial charge >= 0.3 is 0 Å². The Kier molecular flexibility index (Phi) is 1.50. The van der Waals surface area contributed by atoms with Crippen LogP contribution in [0, 0.1) is 0 Å². The Morgan fingerprint density at radius 3 is 2.79 bits per heavy atom. The van der Waals surface area contributed by atoms with Crippen molar-refractivity contribution in [2.24, 2.45) is 5.73 Å². The second kappa shape index (κ2) is 2.61. The third kappa shape index (κ3) is 1.01. The van der Waals surface area contributed by atoms with Crippen molar-refractivity contribution in [1.29, 1.82) is 0 Å². The summed E-state index contributed by atoms with van der Waals surface area (Å²) in [5, 5.41) is 1.15. The van der Waals surface area contributed by atoms with Crippen LogP contribution in [-0.2, 0) is 5.54 Å². The number of nitrogens with two attached hydrogens (primary N) is 1. The molecular weight excluding hydrogens is 174 g/mol. The van der Waals surface area contributed by atoms with Crippen LogP contribution in [0.25, 0.3) is 11.0 Å². The van der Waals surface area contributed by atoms with Gasteiger partial charge in [0.05, 0.1) is 6.26 Å². The number of furan rings is 1. The molecule has 1 aliphatic carbocycles. The van der Waals surface area contributed by atoms with E-state index < -0.39 is 0 Å². The Hall–Kier alpha value is -1.28. The van der Waals surface area contributed by atoms with Crippen LogP contribution in [0.3, 0.4) is 0 Å². The van der Waals surface area contributed by atoms with Gasteiger partial charge in [-0.05, 0) is 43.0 Å². The quantitative estimate of drug-likeness (QED) is 0.745. The Morgan fingerprint density at radius 1 is 1.21 bits per heavy atom. The molecule has 1 fully saturated rings. The van der Waals surface area contributed by atoms with Gasteiger partial charge in [0, 0.05) is 10.9 Å². The molecule has 1 aromatic carbocycles. The van der Waals surface area contributed by atoms with E-state index >= 15 is 0 Å². The summed E-state index contributed by atoms with van der Waals surface area (Å²) in [6.07, 6.45) is 5.19. The molecule has 0 atom stereocenters. The lowest BCUT2D eigenvalue weighted by Gasteiger charge is -2.38. The van der Waals surface area contributed by atoms with E-state index in [1.165, 1.54) is 12.0 Å². The van der Waals surface area contributed by atoms with Gasteiger partial charge in [0.15, 0.2) is 0 Å². The summed E-state index contributed by atoms with van der Waals surface area (Å²) in [6, 6.07) is 8.24. The van der Waals surface area contributed by atoms with E-state index in [1.54, 1.807) is 6.26 Å². The van der Waals surface area contributed by atoms with E-state index in [2.05, 4.69) is 12.1 Å². The van der Waals surface area contributed by atoms with Crippen molar-refractivity contribution in [2.45, 2.75) is 24.8 Å². The molecule has 2 nitrogen and oxygen atoms in total. The first kappa shape index (κ1) is 8.06. The van der Waals surface area contributed by atoms with Crippen molar-refractivity contribution in [1.82, 2.24) is 0 Å². The normalized spacial score (nSPS) is 19.5. The second-order valence-electron chi connectivity index (χ2n) is 4.18. The Labute approximate surface area is 82.7 Å². The lowest BCUT2D eigenvalue weighted by atomic mass is 9.72. The van der Waals surface area contributed by atoms with E-state index in [9.17, 15) is 0 Å². The molecule has 72 valence electrons. The molecule has 2 heteroatoms. The molecular formula is C12H13NO. The first-order chi connectivity index (χ1) is 6.78. The minimum atomic E-state index is -0.0640. The van der Waals surface area contributed by atoms with Crippen molar-refractivity contribution in [3.8, 4) is 0 Å². The highest BCUT2D eigenvalue weighted by molar-refractivity contribution is 5.78.